The Bertz CT molecular complexity index is 1680. The molecule has 0 unspecified atom stereocenters. The van der Waals surface area contributed by atoms with Crippen LogP contribution in [0.3, 0.4) is 0 Å². The van der Waals surface area contributed by atoms with Gasteiger partial charge in [0.15, 0.2) is 5.40 Å². The zero-order valence-electron chi connectivity index (χ0n) is 37.2. The highest BCUT2D eigenvalue weighted by atomic mass is 31.2. The van der Waals surface area contributed by atoms with E-state index in [1.54, 1.807) is 27.7 Å². The summed E-state index contributed by atoms with van der Waals surface area (Å²) in [6.07, 6.45) is 1.19. The van der Waals surface area contributed by atoms with Gasteiger partial charge in [-0.2, -0.15) is 0 Å². The molecule has 0 aliphatic carbocycles. The predicted octanol–water partition coefficient (Wildman–Crippen LogP) is 12.8. The molecule has 0 saturated carbocycles. The largest absolute Gasteiger partial charge is 0.542 e. The molecule has 0 aromatic heterocycles. The highest BCUT2D eigenvalue weighted by Crippen LogP contribution is 2.71. The van der Waals surface area contributed by atoms with E-state index in [1.807, 2.05) is 0 Å². The topological polar surface area (TPSA) is 119 Å². The van der Waals surface area contributed by atoms with Crippen LogP contribution in [0, 0.1) is 0 Å². The van der Waals surface area contributed by atoms with Crippen LogP contribution in [-0.2, 0) is 42.8 Å². The van der Waals surface area contributed by atoms with Crippen molar-refractivity contribution in [2.45, 2.75) is 151 Å². The van der Waals surface area contributed by atoms with Gasteiger partial charge in [-0.15, -0.1) is 0 Å². The Morgan fingerprint density at radius 2 is 1.14 bits per heavy atom. The van der Waals surface area contributed by atoms with Crippen molar-refractivity contribution in [2.24, 2.45) is 0 Å². The highest BCUT2D eigenvalue weighted by molar-refractivity contribution is 7.72. The molecule has 0 aliphatic rings. The normalized spacial score (nSPS) is 13.4. The Labute approximate surface area is 342 Å². The maximum absolute atomic E-state index is 14.2. The Hall–Kier alpha value is -2.02. The summed E-state index contributed by atoms with van der Waals surface area (Å²) in [5, 5.41) is 1.92. The van der Waals surface area contributed by atoms with E-state index in [-0.39, 0.29) is 56.0 Å². The van der Waals surface area contributed by atoms with Crippen LogP contribution >= 0.6 is 15.2 Å². The minimum Gasteiger partial charge on any atom is -0.542 e. The van der Waals surface area contributed by atoms with Crippen LogP contribution in [0.5, 0.6) is 11.5 Å². The number of carbonyl (C=O) groups is 1. The van der Waals surface area contributed by atoms with Crippen LogP contribution < -0.4 is 14.2 Å². The van der Waals surface area contributed by atoms with Crippen molar-refractivity contribution in [3.8, 4) is 11.5 Å². The number of benzene rings is 2. The number of amides is 1. The third-order valence-electron chi connectivity index (χ3n) is 9.02. The second-order valence-electron chi connectivity index (χ2n) is 16.1. The van der Waals surface area contributed by atoms with Gasteiger partial charge in [-0.3, -0.25) is 13.9 Å². The number of hydrogen-bond acceptors (Lipinski definition) is 9. The quantitative estimate of drug-likeness (QED) is 0.0701. The van der Waals surface area contributed by atoms with Crippen LogP contribution in [-0.4, -0.2) is 55.8 Å². The van der Waals surface area contributed by atoms with E-state index in [2.05, 4.69) is 117 Å². The van der Waals surface area contributed by atoms with Crippen LogP contribution in [0.1, 0.15) is 131 Å². The summed E-state index contributed by atoms with van der Waals surface area (Å²) in [7, 11) is -10.5. The number of allylic oxidation sites excluding steroid dienone is 2. The molecule has 0 aliphatic heterocycles. The van der Waals surface area contributed by atoms with Gasteiger partial charge < -0.3 is 32.3 Å². The van der Waals surface area contributed by atoms with Crippen LogP contribution in [0.15, 0.2) is 30.3 Å². The summed E-state index contributed by atoms with van der Waals surface area (Å²) in [6.45, 7) is 32.7. The first-order chi connectivity index (χ1) is 26.1. The first-order valence-corrected chi connectivity index (χ1v) is 28.2. The summed E-state index contributed by atoms with van der Waals surface area (Å²) in [5.74, 6) is 1.14. The zero-order valence-corrected chi connectivity index (χ0v) is 41.0. The lowest BCUT2D eigenvalue weighted by Crippen LogP contribution is -2.24. The number of anilines is 1. The fraction of sp³-hybridized carbons (Fsp3) is 0.643. The molecule has 0 saturated heterocycles. The molecule has 2 aromatic carbocycles. The van der Waals surface area contributed by atoms with E-state index in [4.69, 9.17) is 26.9 Å². The standard InChI is InChI=1S/C42H71NO9P2Si2/c1-17-31(33-24-23-30(41(7,8)9)29-36(33)51-55(13)14)32(18-2)34-25-26-35(42(10,11)12)39(40(34)52-56(15)16)43-37(44)27-28-38(53(45,47-19-3)48-20-4)54(46,49-21-5)50-22-6/h23-26,29,38H,17-22,27-28H2,1-16H3,(H,43,44)/b32-31+. The van der Waals surface area contributed by atoms with Gasteiger partial charge in [-0.1, -0.05) is 79.7 Å². The lowest BCUT2D eigenvalue weighted by Gasteiger charge is -2.31. The van der Waals surface area contributed by atoms with Gasteiger partial charge in [-0.05, 0) is 112 Å². The van der Waals surface area contributed by atoms with Crippen molar-refractivity contribution in [3.63, 3.8) is 0 Å². The number of rotatable bonds is 22. The molecular weight excluding hydrogens is 781 g/mol. The molecule has 10 nitrogen and oxygen atoms in total. The fourth-order valence-corrected chi connectivity index (χ4v) is 13.2. The van der Waals surface area contributed by atoms with Crippen LogP contribution in [0.2, 0.25) is 26.2 Å². The second-order valence-corrected chi connectivity index (χ2v) is 25.0. The molecule has 0 heterocycles. The number of hydrogen-bond donors (Lipinski definition) is 1. The molecule has 0 bridgehead atoms. The Morgan fingerprint density at radius 3 is 1.55 bits per heavy atom. The summed E-state index contributed by atoms with van der Waals surface area (Å²) < 4.78 is 64.5. The van der Waals surface area contributed by atoms with E-state index in [0.717, 1.165) is 40.0 Å². The molecule has 316 valence electrons. The highest BCUT2D eigenvalue weighted by Gasteiger charge is 2.50. The lowest BCUT2D eigenvalue weighted by molar-refractivity contribution is -0.116. The molecule has 14 heteroatoms. The van der Waals surface area contributed by atoms with E-state index < -0.39 is 38.7 Å². The minimum atomic E-state index is -4.04. The average Bonchev–Trinajstić information content (AvgIpc) is 3.07. The van der Waals surface area contributed by atoms with E-state index in [0.29, 0.717) is 17.9 Å². The molecule has 0 spiro atoms. The lowest BCUT2D eigenvalue weighted by atomic mass is 9.82. The van der Waals surface area contributed by atoms with Crippen molar-refractivity contribution >= 4 is 56.0 Å². The third kappa shape index (κ3) is 13.3. The molecule has 56 heavy (non-hydrogen) atoms. The smallest absolute Gasteiger partial charge is 0.345 e. The van der Waals surface area contributed by atoms with Crippen molar-refractivity contribution in [1.29, 1.82) is 0 Å². The molecule has 0 fully saturated rings. The maximum Gasteiger partial charge on any atom is 0.345 e. The number of nitrogens with one attached hydrogen (secondary N) is 1. The van der Waals surface area contributed by atoms with Crippen molar-refractivity contribution in [1.82, 2.24) is 0 Å². The molecule has 1 amide bonds. The first-order valence-electron chi connectivity index (χ1n) is 20.1. The van der Waals surface area contributed by atoms with E-state index in [1.165, 1.54) is 5.56 Å². The summed E-state index contributed by atoms with van der Waals surface area (Å²) in [4.78, 5) is 14.2. The van der Waals surface area contributed by atoms with Crippen molar-refractivity contribution in [3.05, 3.63) is 52.6 Å². The molecule has 1 N–H and O–H groups in total. The molecular formula is C42H71NO9P2Si2. The SMILES string of the molecule is CCOP(=O)(OCC)C(CCC(=O)Nc1c(C(C)(C)C)ccc(/C(CC)=C(\CC)c2ccc(C(C)(C)C)cc2O[Si](C)C)c1O[Si](C)C)P(=O)(OCC)OCC. The van der Waals surface area contributed by atoms with Gasteiger partial charge in [0, 0.05) is 17.5 Å². The van der Waals surface area contributed by atoms with Crippen molar-refractivity contribution in [2.75, 3.05) is 31.7 Å². The Balaban J connectivity index is 2.90. The summed E-state index contributed by atoms with van der Waals surface area (Å²) >= 11 is 0. The van der Waals surface area contributed by atoms with Gasteiger partial charge in [0.2, 0.25) is 5.91 Å². The third-order valence-corrected chi connectivity index (χ3v) is 16.4. The fourth-order valence-electron chi connectivity index (χ4n) is 6.64. The minimum absolute atomic E-state index is 0.0434. The van der Waals surface area contributed by atoms with E-state index in [9.17, 15) is 13.9 Å². The monoisotopic (exact) mass is 851 g/mol. The van der Waals surface area contributed by atoms with Gasteiger partial charge in [0.1, 0.15) is 11.5 Å². The van der Waals surface area contributed by atoms with Gasteiger partial charge in [-0.25, -0.2) is 0 Å². The average molecular weight is 852 g/mol. The molecule has 0 atom stereocenters. The molecule has 2 aromatic rings. The molecule has 2 rings (SSSR count). The number of carbonyl (C=O) groups excluding carboxylic acids is 1. The van der Waals surface area contributed by atoms with Crippen LogP contribution in [0.25, 0.3) is 11.1 Å². The van der Waals surface area contributed by atoms with Crippen molar-refractivity contribution < 1.29 is 40.9 Å². The summed E-state index contributed by atoms with van der Waals surface area (Å²) in [6, 6.07) is 10.8. The van der Waals surface area contributed by atoms with Gasteiger partial charge in [0.25, 0.3) is 18.1 Å². The first kappa shape index (κ1) is 50.1. The predicted molar refractivity (Wildman–Crippen MR) is 237 cm³/mol. The van der Waals surface area contributed by atoms with E-state index >= 15 is 0 Å². The summed E-state index contributed by atoms with van der Waals surface area (Å²) in [5.41, 5.74) is 6.53. The van der Waals surface area contributed by atoms with Gasteiger partial charge in [0.05, 0.1) is 32.1 Å². The Morgan fingerprint density at radius 1 is 0.679 bits per heavy atom. The Kier molecular flexibility index (Phi) is 19.5. The van der Waals surface area contributed by atoms with Crippen LogP contribution in [0.4, 0.5) is 5.69 Å². The zero-order chi connectivity index (χ0) is 42.6. The second kappa shape index (κ2) is 21.8. The van der Waals surface area contributed by atoms with Gasteiger partial charge >= 0.3 is 15.2 Å². The maximum atomic E-state index is 14.2. The molecule has 2 radical (unpaired) electrons.